The Hall–Kier alpha value is -1.39. The summed E-state index contributed by atoms with van der Waals surface area (Å²) >= 11 is 0. The second-order valence-corrected chi connectivity index (χ2v) is 7.14. The van der Waals surface area contributed by atoms with Gasteiger partial charge in [-0.2, -0.15) is 0 Å². The first-order valence-electron chi connectivity index (χ1n) is 8.84. The SMILES string of the molecule is COC(=O)CC(C(C)CCc1ccccc1)C1CCOC(C)(C)O1. The van der Waals surface area contributed by atoms with Gasteiger partial charge >= 0.3 is 5.97 Å². The third kappa shape index (κ3) is 5.60. The summed E-state index contributed by atoms with van der Waals surface area (Å²) in [6, 6.07) is 10.5. The third-order valence-electron chi connectivity index (χ3n) is 4.86. The largest absolute Gasteiger partial charge is 0.469 e. The predicted octanol–water partition coefficient (Wildman–Crippen LogP) is 3.98. The van der Waals surface area contributed by atoms with Crippen LogP contribution in [0.3, 0.4) is 0 Å². The van der Waals surface area contributed by atoms with Crippen molar-refractivity contribution in [1.82, 2.24) is 0 Å². The minimum atomic E-state index is -0.587. The van der Waals surface area contributed by atoms with Crippen molar-refractivity contribution in [2.24, 2.45) is 11.8 Å². The molecule has 4 heteroatoms. The molecule has 0 radical (unpaired) electrons. The molecule has 1 fully saturated rings. The van der Waals surface area contributed by atoms with E-state index >= 15 is 0 Å². The fraction of sp³-hybridized carbons (Fsp3) is 0.650. The van der Waals surface area contributed by atoms with Crippen molar-refractivity contribution in [3.8, 4) is 0 Å². The van der Waals surface area contributed by atoms with Gasteiger partial charge in [0, 0.05) is 0 Å². The Balaban J connectivity index is 2.02. The topological polar surface area (TPSA) is 44.8 Å². The molecule has 3 unspecified atom stereocenters. The first kappa shape index (κ1) is 18.9. The van der Waals surface area contributed by atoms with E-state index in [9.17, 15) is 4.79 Å². The van der Waals surface area contributed by atoms with E-state index in [2.05, 4.69) is 31.2 Å². The smallest absolute Gasteiger partial charge is 0.305 e. The molecule has 1 aliphatic rings. The second kappa shape index (κ2) is 8.63. The van der Waals surface area contributed by atoms with Crippen molar-refractivity contribution in [3.63, 3.8) is 0 Å². The number of benzene rings is 1. The third-order valence-corrected chi connectivity index (χ3v) is 4.86. The summed E-state index contributed by atoms with van der Waals surface area (Å²) < 4.78 is 16.7. The molecule has 0 aromatic heterocycles. The summed E-state index contributed by atoms with van der Waals surface area (Å²) in [7, 11) is 1.45. The lowest BCUT2D eigenvalue weighted by atomic mass is 9.81. The van der Waals surface area contributed by atoms with E-state index in [0.717, 1.165) is 19.3 Å². The number of methoxy groups -OCH3 is 1. The Labute approximate surface area is 145 Å². The van der Waals surface area contributed by atoms with Gasteiger partial charge in [-0.1, -0.05) is 37.3 Å². The molecule has 1 aromatic rings. The zero-order chi connectivity index (χ0) is 17.6. The molecule has 0 saturated carbocycles. The summed E-state index contributed by atoms with van der Waals surface area (Å²) in [6.45, 7) is 6.75. The molecule has 4 nitrogen and oxygen atoms in total. The van der Waals surface area contributed by atoms with Crippen molar-refractivity contribution in [1.29, 1.82) is 0 Å². The fourth-order valence-corrected chi connectivity index (χ4v) is 3.41. The molecule has 1 heterocycles. The van der Waals surface area contributed by atoms with Gasteiger partial charge in [-0.15, -0.1) is 0 Å². The highest BCUT2D eigenvalue weighted by Gasteiger charge is 2.37. The highest BCUT2D eigenvalue weighted by Crippen LogP contribution is 2.34. The molecular weight excluding hydrogens is 304 g/mol. The first-order valence-corrected chi connectivity index (χ1v) is 8.84. The maximum Gasteiger partial charge on any atom is 0.305 e. The average Bonchev–Trinajstić information content (AvgIpc) is 2.57. The van der Waals surface area contributed by atoms with Gasteiger partial charge in [-0.25, -0.2) is 0 Å². The van der Waals surface area contributed by atoms with Crippen LogP contribution >= 0.6 is 0 Å². The van der Waals surface area contributed by atoms with Gasteiger partial charge in [0.15, 0.2) is 5.79 Å². The number of carbonyl (C=O) groups is 1. The molecular formula is C20H30O4. The number of rotatable bonds is 7. The molecule has 0 spiro atoms. The lowest BCUT2D eigenvalue weighted by Crippen LogP contribution is -2.45. The van der Waals surface area contributed by atoms with Gasteiger partial charge in [0.1, 0.15) is 0 Å². The maximum absolute atomic E-state index is 11.9. The second-order valence-electron chi connectivity index (χ2n) is 7.14. The highest BCUT2D eigenvalue weighted by molar-refractivity contribution is 5.69. The molecule has 3 atom stereocenters. The lowest BCUT2D eigenvalue weighted by molar-refractivity contribution is -0.285. The van der Waals surface area contributed by atoms with Gasteiger partial charge in [-0.3, -0.25) is 4.79 Å². The molecule has 0 amide bonds. The lowest BCUT2D eigenvalue weighted by Gasteiger charge is -2.41. The number of ether oxygens (including phenoxy) is 3. The molecule has 1 aromatic carbocycles. The Morgan fingerprint density at radius 2 is 2.04 bits per heavy atom. The monoisotopic (exact) mass is 334 g/mol. The zero-order valence-electron chi connectivity index (χ0n) is 15.3. The average molecular weight is 334 g/mol. The number of carbonyl (C=O) groups excluding carboxylic acids is 1. The van der Waals surface area contributed by atoms with Gasteiger partial charge in [0.2, 0.25) is 0 Å². The molecule has 2 rings (SSSR count). The Bertz CT molecular complexity index is 512. The Morgan fingerprint density at radius 1 is 1.33 bits per heavy atom. The van der Waals surface area contributed by atoms with Gasteiger partial charge in [0.25, 0.3) is 0 Å². The fourth-order valence-electron chi connectivity index (χ4n) is 3.41. The zero-order valence-corrected chi connectivity index (χ0v) is 15.3. The van der Waals surface area contributed by atoms with E-state index in [1.807, 2.05) is 19.9 Å². The molecule has 1 aliphatic heterocycles. The Kier molecular flexibility index (Phi) is 6.81. The quantitative estimate of drug-likeness (QED) is 0.708. The number of aryl methyl sites for hydroxylation is 1. The standard InChI is InChI=1S/C20H30O4/c1-15(10-11-16-8-6-5-7-9-16)17(14-19(21)22-4)18-12-13-23-20(2,3)24-18/h5-9,15,17-18H,10-14H2,1-4H3. The Morgan fingerprint density at radius 3 is 2.67 bits per heavy atom. The van der Waals surface area contributed by atoms with Crippen LogP contribution in [0.2, 0.25) is 0 Å². The van der Waals surface area contributed by atoms with Crippen LogP contribution in [0.15, 0.2) is 30.3 Å². The van der Waals surface area contributed by atoms with Crippen molar-refractivity contribution < 1.29 is 19.0 Å². The van der Waals surface area contributed by atoms with Crippen LogP contribution < -0.4 is 0 Å². The highest BCUT2D eigenvalue weighted by atomic mass is 16.7. The van der Waals surface area contributed by atoms with Crippen LogP contribution in [-0.2, 0) is 25.4 Å². The first-order chi connectivity index (χ1) is 11.4. The van der Waals surface area contributed by atoms with Gasteiger partial charge in [-0.05, 0) is 50.5 Å². The minimum absolute atomic E-state index is 0.0265. The van der Waals surface area contributed by atoms with Gasteiger partial charge in [0.05, 0.1) is 26.2 Å². The summed E-state index contributed by atoms with van der Waals surface area (Å²) in [6.07, 6.45) is 3.27. The van der Waals surface area contributed by atoms with Gasteiger partial charge < -0.3 is 14.2 Å². The molecule has 24 heavy (non-hydrogen) atoms. The van der Waals surface area contributed by atoms with E-state index in [0.29, 0.717) is 18.9 Å². The molecule has 134 valence electrons. The molecule has 0 aliphatic carbocycles. The number of esters is 1. The summed E-state index contributed by atoms with van der Waals surface area (Å²) in [5, 5.41) is 0. The van der Waals surface area contributed by atoms with E-state index in [1.54, 1.807) is 0 Å². The van der Waals surface area contributed by atoms with Crippen molar-refractivity contribution in [2.45, 2.75) is 58.3 Å². The van der Waals surface area contributed by atoms with Crippen LogP contribution in [0.5, 0.6) is 0 Å². The van der Waals surface area contributed by atoms with Crippen LogP contribution in [0.4, 0.5) is 0 Å². The van der Waals surface area contributed by atoms with E-state index in [4.69, 9.17) is 14.2 Å². The van der Waals surface area contributed by atoms with Crippen molar-refractivity contribution >= 4 is 5.97 Å². The van der Waals surface area contributed by atoms with E-state index in [1.165, 1.54) is 12.7 Å². The van der Waals surface area contributed by atoms with Crippen molar-refractivity contribution in [2.75, 3.05) is 13.7 Å². The van der Waals surface area contributed by atoms with Crippen molar-refractivity contribution in [3.05, 3.63) is 35.9 Å². The normalized spacial score (nSPS) is 22.6. The van der Waals surface area contributed by atoms with E-state index < -0.39 is 5.79 Å². The summed E-state index contributed by atoms with van der Waals surface area (Å²) in [4.78, 5) is 11.9. The van der Waals surface area contributed by atoms with Crippen LogP contribution in [0.25, 0.3) is 0 Å². The molecule has 1 saturated heterocycles. The minimum Gasteiger partial charge on any atom is -0.469 e. The van der Waals surface area contributed by atoms with Crippen LogP contribution in [-0.4, -0.2) is 31.6 Å². The van der Waals surface area contributed by atoms with Crippen LogP contribution in [0.1, 0.15) is 45.6 Å². The summed E-state index contributed by atoms with van der Waals surface area (Å²) in [5.74, 6) is -0.247. The molecule has 0 N–H and O–H groups in total. The van der Waals surface area contributed by atoms with E-state index in [-0.39, 0.29) is 18.0 Å². The maximum atomic E-state index is 11.9. The number of hydrogen-bond donors (Lipinski definition) is 0. The predicted molar refractivity (Wildman–Crippen MR) is 93.6 cm³/mol. The number of hydrogen-bond acceptors (Lipinski definition) is 4. The molecule has 0 bridgehead atoms. The van der Waals surface area contributed by atoms with Crippen LogP contribution in [0, 0.1) is 11.8 Å². The summed E-state index contributed by atoms with van der Waals surface area (Å²) in [5.41, 5.74) is 1.33.